The number of aliphatic imine (C=N–C) groups is 1. The number of fused-ring (bicyclic) bond motifs is 1. The highest BCUT2D eigenvalue weighted by Gasteiger charge is 2.25. The molecule has 29 heavy (non-hydrogen) atoms. The van der Waals surface area contributed by atoms with Crippen LogP contribution in [0.15, 0.2) is 23.3 Å². The second-order valence-electron chi connectivity index (χ2n) is 8.02. The van der Waals surface area contributed by atoms with E-state index in [1.54, 1.807) is 0 Å². The first-order valence-corrected chi connectivity index (χ1v) is 10.5. The van der Waals surface area contributed by atoms with Gasteiger partial charge < -0.3 is 9.64 Å². The molecule has 1 atom stereocenters. The molecule has 0 radical (unpaired) electrons. The Hall–Kier alpha value is -2.38. The second kappa shape index (κ2) is 8.55. The SMILES string of the molecule is C/C=N\c1nc(C(C)N2CCN(c3ncc4c(n3)COC4)CC2)ccc1C(C)C. The lowest BCUT2D eigenvalue weighted by Gasteiger charge is -2.38. The van der Waals surface area contributed by atoms with Crippen molar-refractivity contribution < 1.29 is 4.74 Å². The van der Waals surface area contributed by atoms with Crippen LogP contribution in [0.2, 0.25) is 0 Å². The zero-order chi connectivity index (χ0) is 20.4. The Morgan fingerprint density at radius 3 is 2.59 bits per heavy atom. The number of hydrogen-bond acceptors (Lipinski definition) is 7. The Balaban J connectivity index is 1.44. The van der Waals surface area contributed by atoms with Gasteiger partial charge in [0.1, 0.15) is 0 Å². The minimum Gasteiger partial charge on any atom is -0.370 e. The molecular weight excluding hydrogens is 364 g/mol. The molecule has 2 aliphatic rings. The Kier molecular flexibility index (Phi) is 5.87. The molecular formula is C22H30N6O. The molecule has 4 heterocycles. The lowest BCUT2D eigenvalue weighted by molar-refractivity contribution is 0.133. The maximum Gasteiger partial charge on any atom is 0.225 e. The first-order chi connectivity index (χ1) is 14.1. The molecule has 0 spiro atoms. The minimum atomic E-state index is 0.249. The fourth-order valence-electron chi connectivity index (χ4n) is 3.97. The van der Waals surface area contributed by atoms with Gasteiger partial charge in [0.2, 0.25) is 5.95 Å². The van der Waals surface area contributed by atoms with Crippen LogP contribution >= 0.6 is 0 Å². The third kappa shape index (κ3) is 4.16. The van der Waals surface area contributed by atoms with Crippen molar-refractivity contribution in [1.82, 2.24) is 19.9 Å². The van der Waals surface area contributed by atoms with Crippen LogP contribution in [0.4, 0.5) is 11.8 Å². The molecule has 0 bridgehead atoms. The van der Waals surface area contributed by atoms with Crippen molar-refractivity contribution >= 4 is 18.0 Å². The summed E-state index contributed by atoms with van der Waals surface area (Å²) < 4.78 is 5.46. The van der Waals surface area contributed by atoms with Crippen molar-refractivity contribution in [3.8, 4) is 0 Å². The number of pyridine rings is 1. The minimum absolute atomic E-state index is 0.249. The standard InChI is InChI=1S/C22H30N6O/c1-5-23-21-18(15(2)3)6-7-19(25-21)16(4)27-8-10-28(11-9-27)22-24-12-17-13-29-14-20(17)26-22/h5-7,12,15-16H,8-11,13-14H2,1-4H3/b23-5-. The van der Waals surface area contributed by atoms with Gasteiger partial charge in [0.25, 0.3) is 0 Å². The van der Waals surface area contributed by atoms with Crippen LogP contribution in [-0.4, -0.2) is 52.2 Å². The van der Waals surface area contributed by atoms with E-state index in [0.717, 1.165) is 54.9 Å². The number of anilines is 1. The second-order valence-corrected chi connectivity index (χ2v) is 8.02. The summed E-state index contributed by atoms with van der Waals surface area (Å²) in [6.45, 7) is 13.5. The average Bonchev–Trinajstić information content (AvgIpc) is 3.21. The van der Waals surface area contributed by atoms with Gasteiger partial charge in [-0.2, -0.15) is 0 Å². The van der Waals surface area contributed by atoms with E-state index in [-0.39, 0.29) is 6.04 Å². The third-order valence-corrected chi connectivity index (χ3v) is 5.81. The highest BCUT2D eigenvalue weighted by atomic mass is 16.5. The summed E-state index contributed by atoms with van der Waals surface area (Å²) in [6, 6.07) is 4.59. The molecule has 1 unspecified atom stereocenters. The van der Waals surface area contributed by atoms with Gasteiger partial charge in [-0.25, -0.2) is 19.9 Å². The summed E-state index contributed by atoms with van der Waals surface area (Å²) in [7, 11) is 0. The Labute approximate surface area is 172 Å². The van der Waals surface area contributed by atoms with Gasteiger partial charge in [-0.1, -0.05) is 19.9 Å². The van der Waals surface area contributed by atoms with Crippen LogP contribution in [0.1, 0.15) is 62.2 Å². The van der Waals surface area contributed by atoms with Crippen molar-refractivity contribution in [3.63, 3.8) is 0 Å². The predicted octanol–water partition coefficient (Wildman–Crippen LogP) is 3.63. The molecule has 0 amide bonds. The highest BCUT2D eigenvalue weighted by molar-refractivity contribution is 5.60. The Morgan fingerprint density at radius 1 is 1.07 bits per heavy atom. The van der Waals surface area contributed by atoms with E-state index in [9.17, 15) is 0 Å². The van der Waals surface area contributed by atoms with Crippen molar-refractivity contribution in [1.29, 1.82) is 0 Å². The number of hydrogen-bond donors (Lipinski definition) is 0. The van der Waals surface area contributed by atoms with E-state index in [0.29, 0.717) is 19.1 Å². The molecule has 0 aliphatic carbocycles. The van der Waals surface area contributed by atoms with Gasteiger partial charge in [0.05, 0.1) is 24.6 Å². The summed E-state index contributed by atoms with van der Waals surface area (Å²) in [4.78, 5) is 23.4. The molecule has 7 nitrogen and oxygen atoms in total. The van der Waals surface area contributed by atoms with Crippen LogP contribution in [0.5, 0.6) is 0 Å². The fourth-order valence-corrected chi connectivity index (χ4v) is 3.97. The highest BCUT2D eigenvalue weighted by Crippen LogP contribution is 2.29. The summed E-state index contributed by atoms with van der Waals surface area (Å²) in [5.74, 6) is 2.08. The molecule has 154 valence electrons. The zero-order valence-corrected chi connectivity index (χ0v) is 17.8. The molecule has 2 aromatic heterocycles. The number of nitrogens with zero attached hydrogens (tertiary/aromatic N) is 6. The molecule has 7 heteroatoms. The van der Waals surface area contributed by atoms with Gasteiger partial charge in [-0.05, 0) is 31.4 Å². The topological polar surface area (TPSA) is 66.7 Å². The summed E-state index contributed by atoms with van der Waals surface area (Å²) in [5, 5.41) is 0. The normalized spacial score (nSPS) is 18.6. The zero-order valence-electron chi connectivity index (χ0n) is 17.8. The summed E-state index contributed by atoms with van der Waals surface area (Å²) >= 11 is 0. The molecule has 1 saturated heterocycles. The average molecular weight is 395 g/mol. The van der Waals surface area contributed by atoms with Gasteiger partial charge in [-0.3, -0.25) is 4.90 Å². The monoisotopic (exact) mass is 394 g/mol. The fraction of sp³-hybridized carbons (Fsp3) is 0.545. The number of ether oxygens (including phenoxy) is 1. The maximum atomic E-state index is 5.46. The molecule has 1 fully saturated rings. The van der Waals surface area contributed by atoms with E-state index in [1.165, 1.54) is 5.56 Å². The molecule has 0 N–H and O–H groups in total. The molecule has 0 saturated carbocycles. The lowest BCUT2D eigenvalue weighted by atomic mass is 10.0. The Morgan fingerprint density at radius 2 is 1.86 bits per heavy atom. The third-order valence-electron chi connectivity index (χ3n) is 5.81. The molecule has 4 rings (SSSR count). The number of rotatable bonds is 5. The van der Waals surface area contributed by atoms with E-state index >= 15 is 0 Å². The first-order valence-electron chi connectivity index (χ1n) is 10.5. The van der Waals surface area contributed by atoms with E-state index in [4.69, 9.17) is 14.7 Å². The molecule has 2 aromatic rings. The summed E-state index contributed by atoms with van der Waals surface area (Å²) in [6.07, 6.45) is 3.73. The first kappa shape index (κ1) is 19.9. The number of aromatic nitrogens is 3. The van der Waals surface area contributed by atoms with Crippen LogP contribution in [-0.2, 0) is 18.0 Å². The lowest BCUT2D eigenvalue weighted by Crippen LogP contribution is -2.47. The van der Waals surface area contributed by atoms with Crippen LogP contribution in [0, 0.1) is 0 Å². The van der Waals surface area contributed by atoms with Crippen LogP contribution < -0.4 is 4.90 Å². The van der Waals surface area contributed by atoms with Crippen molar-refractivity contribution in [2.75, 3.05) is 31.1 Å². The van der Waals surface area contributed by atoms with Crippen molar-refractivity contribution in [2.45, 2.75) is 52.9 Å². The van der Waals surface area contributed by atoms with Gasteiger partial charge in [-0.15, -0.1) is 0 Å². The van der Waals surface area contributed by atoms with Crippen molar-refractivity contribution in [3.05, 3.63) is 40.8 Å². The number of piperazine rings is 1. The van der Waals surface area contributed by atoms with Crippen LogP contribution in [0.25, 0.3) is 0 Å². The quantitative estimate of drug-likeness (QED) is 0.722. The van der Waals surface area contributed by atoms with Gasteiger partial charge in [0.15, 0.2) is 5.82 Å². The van der Waals surface area contributed by atoms with E-state index in [1.807, 2.05) is 19.3 Å². The molecule has 2 aliphatic heterocycles. The van der Waals surface area contributed by atoms with Crippen molar-refractivity contribution in [2.24, 2.45) is 4.99 Å². The maximum absolute atomic E-state index is 5.46. The van der Waals surface area contributed by atoms with E-state index < -0.39 is 0 Å². The van der Waals surface area contributed by atoms with Gasteiger partial charge in [0, 0.05) is 50.2 Å². The van der Waals surface area contributed by atoms with Gasteiger partial charge >= 0.3 is 0 Å². The Bertz CT molecular complexity index is 889. The molecule has 0 aromatic carbocycles. The predicted molar refractivity (Wildman–Crippen MR) is 115 cm³/mol. The smallest absolute Gasteiger partial charge is 0.225 e. The largest absolute Gasteiger partial charge is 0.370 e. The van der Waals surface area contributed by atoms with Crippen LogP contribution in [0.3, 0.4) is 0 Å². The summed E-state index contributed by atoms with van der Waals surface area (Å²) in [5.41, 5.74) is 4.42. The van der Waals surface area contributed by atoms with E-state index in [2.05, 4.69) is 52.7 Å².